The van der Waals surface area contributed by atoms with Crippen LogP contribution in [0.4, 0.5) is 17.1 Å². The number of benzene rings is 2. The van der Waals surface area contributed by atoms with Gasteiger partial charge in [0, 0.05) is 29.4 Å². The zero-order valence-corrected chi connectivity index (χ0v) is 17.7. The number of carbonyl (C=O) groups is 3. The van der Waals surface area contributed by atoms with Crippen LogP contribution in [0.2, 0.25) is 0 Å². The first-order chi connectivity index (χ1) is 15.1. The third-order valence-electron chi connectivity index (χ3n) is 4.95. The van der Waals surface area contributed by atoms with E-state index in [0.29, 0.717) is 18.9 Å². The number of ether oxygens (including phenoxy) is 2. The zero-order valence-electron chi connectivity index (χ0n) is 16.8. The van der Waals surface area contributed by atoms with Crippen molar-refractivity contribution < 1.29 is 23.9 Å². The van der Waals surface area contributed by atoms with Gasteiger partial charge in [0.2, 0.25) is 5.91 Å². The molecule has 2 aliphatic rings. The number of hydrogen-bond acceptors (Lipinski definition) is 7. The summed E-state index contributed by atoms with van der Waals surface area (Å²) in [6.45, 7) is 2.68. The molecule has 9 heteroatoms. The Hall–Kier alpha value is -3.04. The fourth-order valence-electron chi connectivity index (χ4n) is 3.36. The smallest absolute Gasteiger partial charge is 0.307 e. The number of nitrogens with zero attached hydrogens (tertiary/aromatic N) is 1. The lowest BCUT2D eigenvalue weighted by atomic mass is 10.2. The lowest BCUT2D eigenvalue weighted by molar-refractivity contribution is -0.147. The highest BCUT2D eigenvalue weighted by Crippen LogP contribution is 2.36. The Kier molecular flexibility index (Phi) is 6.73. The third-order valence-corrected chi connectivity index (χ3v) is 6.23. The number of morpholine rings is 1. The van der Waals surface area contributed by atoms with Crippen LogP contribution >= 0.6 is 11.8 Å². The van der Waals surface area contributed by atoms with Gasteiger partial charge in [-0.15, -0.1) is 11.8 Å². The van der Waals surface area contributed by atoms with E-state index in [4.69, 9.17) is 9.47 Å². The standard InChI is InChI=1S/C22H23N3O5S/c26-20(23-15-5-7-16(8-6-15)25-9-11-29-12-10-25)14-30-21(27)13-19-22(28)24-17-3-1-2-4-18(17)31-19/h1-8,19H,9-14H2,(H,23,26)(H,24,28). The molecule has 0 spiro atoms. The first-order valence-electron chi connectivity index (χ1n) is 10.0. The van der Waals surface area contributed by atoms with Crippen molar-refractivity contribution in [1.82, 2.24) is 0 Å². The Morgan fingerprint density at radius 3 is 2.65 bits per heavy atom. The summed E-state index contributed by atoms with van der Waals surface area (Å²) >= 11 is 1.32. The van der Waals surface area contributed by atoms with Crippen LogP contribution in [0.25, 0.3) is 0 Å². The van der Waals surface area contributed by atoms with Crippen LogP contribution < -0.4 is 15.5 Å². The number of anilines is 3. The molecule has 0 saturated carbocycles. The van der Waals surface area contributed by atoms with E-state index in [1.165, 1.54) is 11.8 Å². The van der Waals surface area contributed by atoms with Crippen molar-refractivity contribution in [1.29, 1.82) is 0 Å². The highest BCUT2D eigenvalue weighted by Gasteiger charge is 2.29. The van der Waals surface area contributed by atoms with Crippen LogP contribution in [0.15, 0.2) is 53.4 Å². The van der Waals surface area contributed by atoms with Crippen molar-refractivity contribution in [3.05, 3.63) is 48.5 Å². The van der Waals surface area contributed by atoms with Crippen molar-refractivity contribution >= 4 is 46.6 Å². The molecule has 2 heterocycles. The average Bonchev–Trinajstić information content (AvgIpc) is 2.79. The summed E-state index contributed by atoms with van der Waals surface area (Å²) in [5, 5.41) is 4.91. The number of thioether (sulfide) groups is 1. The van der Waals surface area contributed by atoms with Gasteiger partial charge in [0.1, 0.15) is 0 Å². The van der Waals surface area contributed by atoms with Gasteiger partial charge >= 0.3 is 5.97 Å². The summed E-state index contributed by atoms with van der Waals surface area (Å²) in [5.41, 5.74) is 2.43. The molecule has 1 atom stereocenters. The Bertz CT molecular complexity index is 960. The molecule has 1 fully saturated rings. The van der Waals surface area contributed by atoms with Crippen LogP contribution in [0.3, 0.4) is 0 Å². The lowest BCUT2D eigenvalue weighted by Gasteiger charge is -2.28. The lowest BCUT2D eigenvalue weighted by Crippen LogP contribution is -2.36. The van der Waals surface area contributed by atoms with Crippen LogP contribution in [-0.2, 0) is 23.9 Å². The third kappa shape index (κ3) is 5.56. The molecule has 0 radical (unpaired) electrons. The number of fused-ring (bicyclic) bond motifs is 1. The van der Waals surface area contributed by atoms with Gasteiger partial charge in [0.25, 0.3) is 5.91 Å². The number of amides is 2. The molecule has 0 aromatic heterocycles. The maximum absolute atomic E-state index is 12.2. The van der Waals surface area contributed by atoms with Crippen LogP contribution in [0, 0.1) is 0 Å². The van der Waals surface area contributed by atoms with Gasteiger partial charge in [-0.1, -0.05) is 12.1 Å². The van der Waals surface area contributed by atoms with Gasteiger partial charge in [-0.25, -0.2) is 0 Å². The molecule has 2 N–H and O–H groups in total. The monoisotopic (exact) mass is 441 g/mol. The van der Waals surface area contributed by atoms with Crippen molar-refractivity contribution in [2.24, 2.45) is 0 Å². The van der Waals surface area contributed by atoms with Crippen molar-refractivity contribution in [2.45, 2.75) is 16.6 Å². The molecule has 2 aromatic carbocycles. The normalized spacial score (nSPS) is 18.0. The Balaban J connectivity index is 1.22. The van der Waals surface area contributed by atoms with Crippen molar-refractivity contribution in [2.75, 3.05) is 48.4 Å². The molecule has 4 rings (SSSR count). The van der Waals surface area contributed by atoms with E-state index in [9.17, 15) is 14.4 Å². The molecule has 31 heavy (non-hydrogen) atoms. The minimum atomic E-state index is -0.593. The van der Waals surface area contributed by atoms with Crippen LogP contribution in [0.5, 0.6) is 0 Å². The fourth-order valence-corrected chi connectivity index (χ4v) is 4.45. The predicted molar refractivity (Wildman–Crippen MR) is 118 cm³/mol. The molecule has 2 aliphatic heterocycles. The molecule has 1 unspecified atom stereocenters. The summed E-state index contributed by atoms with van der Waals surface area (Å²) in [6.07, 6.45) is -0.105. The first-order valence-corrected chi connectivity index (χ1v) is 10.9. The number of hydrogen-bond donors (Lipinski definition) is 2. The SMILES string of the molecule is O=C(COC(=O)CC1Sc2ccccc2NC1=O)Nc1ccc(N2CCOCC2)cc1. The Morgan fingerprint density at radius 1 is 1.13 bits per heavy atom. The number of carbonyl (C=O) groups excluding carboxylic acids is 3. The highest BCUT2D eigenvalue weighted by molar-refractivity contribution is 8.01. The fraction of sp³-hybridized carbons (Fsp3) is 0.318. The van der Waals surface area contributed by atoms with Crippen molar-refractivity contribution in [3.8, 4) is 0 Å². The van der Waals surface area contributed by atoms with E-state index in [1.54, 1.807) is 0 Å². The second kappa shape index (κ2) is 9.84. The molecule has 0 bridgehead atoms. The highest BCUT2D eigenvalue weighted by atomic mass is 32.2. The number of para-hydroxylation sites is 1. The molecule has 8 nitrogen and oxygen atoms in total. The topological polar surface area (TPSA) is 97.0 Å². The molecule has 2 aromatic rings. The predicted octanol–water partition coefficient (Wildman–Crippen LogP) is 2.51. The maximum atomic E-state index is 12.2. The molecule has 2 amide bonds. The molecule has 1 saturated heterocycles. The van der Waals surface area contributed by atoms with Gasteiger partial charge in [0.15, 0.2) is 6.61 Å². The Labute approximate surface area is 184 Å². The summed E-state index contributed by atoms with van der Waals surface area (Å²) < 4.78 is 10.4. The van der Waals surface area contributed by atoms with Crippen LogP contribution in [0.1, 0.15) is 6.42 Å². The van der Waals surface area contributed by atoms with E-state index >= 15 is 0 Å². The van der Waals surface area contributed by atoms with E-state index in [1.807, 2.05) is 48.5 Å². The van der Waals surface area contributed by atoms with E-state index in [-0.39, 0.29) is 12.3 Å². The van der Waals surface area contributed by atoms with Gasteiger partial charge in [0.05, 0.1) is 30.6 Å². The summed E-state index contributed by atoms with van der Waals surface area (Å²) in [7, 11) is 0. The van der Waals surface area contributed by atoms with E-state index < -0.39 is 23.7 Å². The number of nitrogens with one attached hydrogen (secondary N) is 2. The summed E-state index contributed by atoms with van der Waals surface area (Å²) in [4.78, 5) is 39.6. The second-order valence-electron chi connectivity index (χ2n) is 7.15. The number of esters is 1. The molecule has 162 valence electrons. The average molecular weight is 442 g/mol. The minimum Gasteiger partial charge on any atom is -0.456 e. The van der Waals surface area contributed by atoms with Crippen molar-refractivity contribution in [3.63, 3.8) is 0 Å². The van der Waals surface area contributed by atoms with Gasteiger partial charge in [-0.05, 0) is 36.4 Å². The van der Waals surface area contributed by atoms with Crippen LogP contribution in [-0.4, -0.2) is 55.9 Å². The Morgan fingerprint density at radius 2 is 1.87 bits per heavy atom. The minimum absolute atomic E-state index is 0.105. The van der Waals surface area contributed by atoms with E-state index in [2.05, 4.69) is 15.5 Å². The van der Waals surface area contributed by atoms with E-state index in [0.717, 1.165) is 29.4 Å². The molecule has 0 aliphatic carbocycles. The second-order valence-corrected chi connectivity index (χ2v) is 8.40. The summed E-state index contributed by atoms with van der Waals surface area (Å²) in [6, 6.07) is 14.9. The largest absolute Gasteiger partial charge is 0.456 e. The van der Waals surface area contributed by atoms with Gasteiger partial charge < -0.3 is 25.0 Å². The zero-order chi connectivity index (χ0) is 21.6. The quantitative estimate of drug-likeness (QED) is 0.665. The molecular weight excluding hydrogens is 418 g/mol. The maximum Gasteiger partial charge on any atom is 0.307 e. The van der Waals surface area contributed by atoms with Gasteiger partial charge in [-0.3, -0.25) is 14.4 Å². The number of rotatable bonds is 6. The molecular formula is C22H23N3O5S. The first kappa shape index (κ1) is 21.2. The summed E-state index contributed by atoms with van der Waals surface area (Å²) in [5.74, 6) is -1.27. The van der Waals surface area contributed by atoms with Gasteiger partial charge in [-0.2, -0.15) is 0 Å².